The van der Waals surface area contributed by atoms with Crippen LogP contribution >= 0.6 is 0 Å². The highest BCUT2D eigenvalue weighted by Crippen LogP contribution is 2.35. The molecule has 200 valence electrons. The summed E-state index contributed by atoms with van der Waals surface area (Å²) in [5, 5.41) is 18.7. The van der Waals surface area contributed by atoms with Gasteiger partial charge in [-0.3, -0.25) is 9.59 Å². The lowest BCUT2D eigenvalue weighted by molar-refractivity contribution is -0.138. The maximum absolute atomic E-state index is 13.5. The lowest BCUT2D eigenvalue weighted by Crippen LogP contribution is -2.44. The van der Waals surface area contributed by atoms with Gasteiger partial charge < -0.3 is 19.6 Å². The summed E-state index contributed by atoms with van der Waals surface area (Å²) < 4.78 is 7.80. The van der Waals surface area contributed by atoms with Gasteiger partial charge in [0.25, 0.3) is 0 Å². The number of aliphatic carboxylic acids is 1. The summed E-state index contributed by atoms with van der Waals surface area (Å²) in [6.45, 7) is 7.82. The number of carbonyl (C=O) groups excluding carboxylic acids is 1. The molecule has 9 bridgehead atoms. The maximum Gasteiger partial charge on any atom is 0.304 e. The largest absolute Gasteiger partial charge is 0.481 e. The standard InChI is InChI=1S/C29H35N5O4/c1-19-24-4-5-26-28(19)30-31-34(26)13-15-38-14-12-32-9-6-21(7-10-32)29(37)33-11-8-20-2-3-22(16-23(20)18-33)25(24)17-27(35)36/h2-5,16,21,25H,6-15,17-18H2,1H3,(H,35,36). The summed E-state index contributed by atoms with van der Waals surface area (Å²) >= 11 is 0. The summed E-state index contributed by atoms with van der Waals surface area (Å²) in [6.07, 6.45) is 2.57. The van der Waals surface area contributed by atoms with E-state index in [-0.39, 0.29) is 24.2 Å². The van der Waals surface area contributed by atoms with Crippen LogP contribution in [0, 0.1) is 12.8 Å². The molecule has 0 radical (unpaired) electrons. The van der Waals surface area contributed by atoms with Crippen molar-refractivity contribution < 1.29 is 19.4 Å². The Morgan fingerprint density at radius 1 is 1.05 bits per heavy atom. The van der Waals surface area contributed by atoms with Crippen molar-refractivity contribution in [3.05, 3.63) is 58.1 Å². The molecule has 38 heavy (non-hydrogen) atoms. The van der Waals surface area contributed by atoms with E-state index in [4.69, 9.17) is 4.74 Å². The average molecular weight is 518 g/mol. The number of benzene rings is 2. The highest BCUT2D eigenvalue weighted by atomic mass is 16.5. The number of aromatic nitrogens is 3. The molecule has 9 nitrogen and oxygen atoms in total. The molecule has 3 aromatic rings. The van der Waals surface area contributed by atoms with Crippen molar-refractivity contribution in [2.24, 2.45) is 5.92 Å². The minimum Gasteiger partial charge on any atom is -0.481 e. The smallest absolute Gasteiger partial charge is 0.304 e. The van der Waals surface area contributed by atoms with Crippen LogP contribution in [0.3, 0.4) is 0 Å². The Morgan fingerprint density at radius 3 is 2.68 bits per heavy atom. The van der Waals surface area contributed by atoms with Gasteiger partial charge in [-0.05, 0) is 73.2 Å². The van der Waals surface area contributed by atoms with E-state index in [1.807, 2.05) is 28.6 Å². The Labute approximate surface area is 222 Å². The highest BCUT2D eigenvalue weighted by molar-refractivity contribution is 5.81. The van der Waals surface area contributed by atoms with Crippen molar-refractivity contribution >= 4 is 22.9 Å². The number of carboxylic acids is 1. The number of aryl methyl sites for hydroxylation is 1. The minimum absolute atomic E-state index is 0.0195. The van der Waals surface area contributed by atoms with Gasteiger partial charge in [-0.25, -0.2) is 4.68 Å². The zero-order valence-electron chi connectivity index (χ0n) is 21.9. The second-order valence-electron chi connectivity index (χ2n) is 10.9. The van der Waals surface area contributed by atoms with Crippen LogP contribution in [-0.4, -0.2) is 81.2 Å². The predicted molar refractivity (Wildman–Crippen MR) is 142 cm³/mol. The first-order valence-corrected chi connectivity index (χ1v) is 13.7. The normalized spacial score (nSPS) is 24.3. The molecular formula is C29H35N5O4. The topological polar surface area (TPSA) is 101 Å². The highest BCUT2D eigenvalue weighted by Gasteiger charge is 2.31. The Morgan fingerprint density at radius 2 is 1.87 bits per heavy atom. The number of carboxylic acid groups (broad SMARTS) is 1. The van der Waals surface area contributed by atoms with Gasteiger partial charge in [0.05, 0.1) is 31.7 Å². The number of carbonyl (C=O) groups is 2. The number of piperidine rings is 1. The molecule has 0 spiro atoms. The molecule has 0 saturated carbocycles. The molecule has 1 unspecified atom stereocenters. The fraction of sp³-hybridized carbons (Fsp3) is 0.517. The molecule has 1 atom stereocenters. The fourth-order valence-corrected chi connectivity index (χ4v) is 6.40. The van der Waals surface area contributed by atoms with Gasteiger partial charge in [0.15, 0.2) is 0 Å². The molecule has 6 aliphatic rings. The molecular weight excluding hydrogens is 482 g/mol. The molecule has 2 aromatic carbocycles. The maximum atomic E-state index is 13.5. The lowest BCUT2D eigenvalue weighted by Gasteiger charge is -2.36. The van der Waals surface area contributed by atoms with E-state index in [9.17, 15) is 14.7 Å². The Balaban J connectivity index is 1.39. The molecule has 0 aliphatic carbocycles. The molecule has 1 amide bonds. The van der Waals surface area contributed by atoms with Gasteiger partial charge in [0.2, 0.25) is 5.91 Å². The van der Waals surface area contributed by atoms with Crippen LogP contribution in [0.1, 0.15) is 53.0 Å². The van der Waals surface area contributed by atoms with Crippen LogP contribution in [-0.2, 0) is 33.8 Å². The van der Waals surface area contributed by atoms with E-state index in [0.29, 0.717) is 26.3 Å². The van der Waals surface area contributed by atoms with Crippen molar-refractivity contribution in [1.82, 2.24) is 24.8 Å². The van der Waals surface area contributed by atoms with Crippen LogP contribution in [0.5, 0.6) is 0 Å². The van der Waals surface area contributed by atoms with E-state index in [2.05, 4.69) is 33.4 Å². The van der Waals surface area contributed by atoms with Crippen molar-refractivity contribution in [1.29, 1.82) is 0 Å². The first kappa shape index (κ1) is 25.0. The molecule has 7 heterocycles. The fourth-order valence-electron chi connectivity index (χ4n) is 6.40. The van der Waals surface area contributed by atoms with Gasteiger partial charge in [0, 0.05) is 31.5 Å². The number of rotatable bonds is 2. The lowest BCUT2D eigenvalue weighted by atomic mass is 9.83. The molecule has 1 N–H and O–H groups in total. The summed E-state index contributed by atoms with van der Waals surface area (Å²) in [6, 6.07) is 10.3. The second kappa shape index (κ2) is 10.5. The Hall–Kier alpha value is -3.30. The van der Waals surface area contributed by atoms with Crippen LogP contribution in [0.2, 0.25) is 0 Å². The van der Waals surface area contributed by atoms with Crippen molar-refractivity contribution in [3.8, 4) is 0 Å². The Kier molecular flexibility index (Phi) is 6.88. The first-order valence-electron chi connectivity index (χ1n) is 13.7. The molecule has 9 heteroatoms. The number of ether oxygens (including phenoxy) is 1. The summed E-state index contributed by atoms with van der Waals surface area (Å²) in [7, 11) is 0. The predicted octanol–water partition coefficient (Wildman–Crippen LogP) is 2.97. The number of hydrogen-bond acceptors (Lipinski definition) is 6. The quantitative estimate of drug-likeness (QED) is 0.558. The minimum atomic E-state index is -0.846. The van der Waals surface area contributed by atoms with Crippen LogP contribution < -0.4 is 0 Å². The molecule has 1 fully saturated rings. The van der Waals surface area contributed by atoms with Crippen LogP contribution in [0.4, 0.5) is 0 Å². The molecule has 6 aliphatic heterocycles. The molecule has 9 rings (SSSR count). The summed E-state index contributed by atoms with van der Waals surface area (Å²) in [5.41, 5.74) is 6.95. The third-order valence-corrected chi connectivity index (χ3v) is 8.63. The van der Waals surface area contributed by atoms with Gasteiger partial charge >= 0.3 is 5.97 Å². The van der Waals surface area contributed by atoms with Gasteiger partial charge in [-0.15, -0.1) is 5.10 Å². The SMILES string of the molecule is Cc1c2ccc3c1nnn3CCOCCN1CCC(CC1)C(=O)N1CCc3ccc(cc3C1)C2CC(=O)O. The molecule has 1 aromatic heterocycles. The third kappa shape index (κ3) is 4.80. The number of amides is 1. The average Bonchev–Trinajstić information content (AvgIpc) is 3.34. The summed E-state index contributed by atoms with van der Waals surface area (Å²) in [5.74, 6) is -0.836. The van der Waals surface area contributed by atoms with E-state index in [1.54, 1.807) is 0 Å². The zero-order chi connectivity index (χ0) is 26.2. The van der Waals surface area contributed by atoms with Gasteiger partial charge in [-0.2, -0.15) is 0 Å². The van der Waals surface area contributed by atoms with Crippen molar-refractivity contribution in [2.45, 2.75) is 51.6 Å². The number of nitrogens with zero attached hydrogens (tertiary/aromatic N) is 5. The van der Waals surface area contributed by atoms with Crippen molar-refractivity contribution in [3.63, 3.8) is 0 Å². The van der Waals surface area contributed by atoms with E-state index < -0.39 is 5.97 Å². The van der Waals surface area contributed by atoms with Crippen LogP contribution in [0.15, 0.2) is 30.3 Å². The first-order chi connectivity index (χ1) is 18.5. The van der Waals surface area contributed by atoms with Crippen molar-refractivity contribution in [2.75, 3.05) is 39.4 Å². The third-order valence-electron chi connectivity index (χ3n) is 8.63. The van der Waals surface area contributed by atoms with Gasteiger partial charge in [0.1, 0.15) is 5.52 Å². The number of hydrogen-bond donors (Lipinski definition) is 1. The second-order valence-corrected chi connectivity index (χ2v) is 10.9. The molecule has 1 saturated heterocycles. The Bertz CT molecular complexity index is 1360. The van der Waals surface area contributed by atoms with E-state index >= 15 is 0 Å². The van der Waals surface area contributed by atoms with E-state index in [0.717, 1.165) is 78.7 Å². The van der Waals surface area contributed by atoms with Crippen LogP contribution in [0.25, 0.3) is 11.0 Å². The van der Waals surface area contributed by atoms with Gasteiger partial charge in [-0.1, -0.05) is 29.5 Å². The van der Waals surface area contributed by atoms with E-state index in [1.165, 1.54) is 5.56 Å². The zero-order valence-corrected chi connectivity index (χ0v) is 21.9. The monoisotopic (exact) mass is 517 g/mol. The summed E-state index contributed by atoms with van der Waals surface area (Å²) in [4.78, 5) is 29.9.